The third-order valence-corrected chi connectivity index (χ3v) is 5.88. The zero-order valence-corrected chi connectivity index (χ0v) is 17.9. The minimum atomic E-state index is -0.395. The first kappa shape index (κ1) is 20.5. The molecule has 1 aliphatic rings. The first-order valence-electron chi connectivity index (χ1n) is 9.02. The van der Waals surface area contributed by atoms with E-state index < -0.39 is 5.91 Å². The molecule has 3 aromatic rings. The smallest absolute Gasteiger partial charge is 0.298 e. The molecule has 0 atom stereocenters. The number of benzene rings is 3. The molecular weight excluding hydrogens is 441 g/mol. The molecule has 7 heteroatoms. The number of rotatable bonds is 5. The normalized spacial score (nSPS) is 15.1. The van der Waals surface area contributed by atoms with E-state index in [0.29, 0.717) is 32.0 Å². The molecule has 1 aliphatic heterocycles. The van der Waals surface area contributed by atoms with Crippen LogP contribution >= 0.6 is 35.0 Å². The Hall–Kier alpha value is -2.73. The van der Waals surface area contributed by atoms with Crippen LogP contribution in [0.3, 0.4) is 0 Å². The average Bonchev–Trinajstić information content (AvgIpc) is 3.01. The van der Waals surface area contributed by atoms with Crippen LogP contribution in [0.2, 0.25) is 10.0 Å². The molecule has 150 valence electrons. The summed E-state index contributed by atoms with van der Waals surface area (Å²) in [5, 5.41) is 0.703. The van der Waals surface area contributed by atoms with E-state index in [1.165, 1.54) is 0 Å². The highest BCUT2D eigenvalue weighted by atomic mass is 35.5. The number of carbonyl (C=O) groups is 2. The van der Waals surface area contributed by atoms with Crippen LogP contribution < -0.4 is 9.64 Å². The second kappa shape index (κ2) is 8.96. The Morgan fingerprint density at radius 3 is 2.50 bits per heavy atom. The molecule has 0 bridgehead atoms. The lowest BCUT2D eigenvalue weighted by molar-refractivity contribution is -0.113. The number of hydrogen-bond donors (Lipinski definition) is 0. The summed E-state index contributed by atoms with van der Waals surface area (Å²) in [6.07, 6.45) is 1.66. The van der Waals surface area contributed by atoms with Crippen LogP contribution in [0.1, 0.15) is 11.1 Å². The largest absolute Gasteiger partial charge is 0.488 e. The molecule has 4 rings (SSSR count). The summed E-state index contributed by atoms with van der Waals surface area (Å²) in [6.45, 7) is 0.286. The second-order valence-electron chi connectivity index (χ2n) is 6.41. The van der Waals surface area contributed by atoms with Crippen LogP contribution in [-0.4, -0.2) is 11.1 Å². The van der Waals surface area contributed by atoms with Crippen LogP contribution in [-0.2, 0) is 11.4 Å². The van der Waals surface area contributed by atoms with E-state index in [-0.39, 0.29) is 11.8 Å². The molecule has 3 aromatic carbocycles. The number of imide groups is 1. The maximum atomic E-state index is 12.9. The van der Waals surface area contributed by atoms with Crippen molar-refractivity contribution < 1.29 is 14.3 Å². The van der Waals surface area contributed by atoms with Crippen molar-refractivity contribution in [2.45, 2.75) is 6.61 Å². The van der Waals surface area contributed by atoms with Crippen LogP contribution in [0.5, 0.6) is 5.75 Å². The van der Waals surface area contributed by atoms with Crippen molar-refractivity contribution in [3.05, 3.63) is 98.9 Å². The van der Waals surface area contributed by atoms with Gasteiger partial charge in [0.2, 0.25) is 0 Å². The van der Waals surface area contributed by atoms with Gasteiger partial charge in [0.15, 0.2) is 0 Å². The fourth-order valence-corrected chi connectivity index (χ4v) is 4.16. The number of para-hydroxylation sites is 1. The van der Waals surface area contributed by atoms with Crippen molar-refractivity contribution in [1.29, 1.82) is 0 Å². The summed E-state index contributed by atoms with van der Waals surface area (Å²) >= 11 is 13.1. The highest BCUT2D eigenvalue weighted by Gasteiger charge is 2.36. The topological polar surface area (TPSA) is 46.6 Å². The molecule has 0 aliphatic carbocycles. The van der Waals surface area contributed by atoms with Crippen molar-refractivity contribution >= 4 is 57.9 Å². The molecular formula is C23H15Cl2NO3S. The number of hydrogen-bond acceptors (Lipinski definition) is 4. The zero-order chi connectivity index (χ0) is 21.1. The van der Waals surface area contributed by atoms with Crippen LogP contribution in [0, 0.1) is 0 Å². The SMILES string of the molecule is O=C1SC(=Cc2ccccc2OCc2ccccc2Cl)C(=O)N1c1cccc(Cl)c1. The molecule has 0 aromatic heterocycles. The third-order valence-electron chi connectivity index (χ3n) is 4.41. The highest BCUT2D eigenvalue weighted by molar-refractivity contribution is 8.19. The fraction of sp³-hybridized carbons (Fsp3) is 0.0435. The Kier molecular flexibility index (Phi) is 6.13. The van der Waals surface area contributed by atoms with Gasteiger partial charge >= 0.3 is 0 Å². The first-order valence-corrected chi connectivity index (χ1v) is 10.6. The van der Waals surface area contributed by atoms with Gasteiger partial charge in [0.05, 0.1) is 10.6 Å². The first-order chi connectivity index (χ1) is 14.5. The molecule has 0 unspecified atom stereocenters. The Morgan fingerprint density at radius 1 is 0.933 bits per heavy atom. The van der Waals surface area contributed by atoms with Gasteiger partial charge in [0.1, 0.15) is 12.4 Å². The molecule has 4 nitrogen and oxygen atoms in total. The number of nitrogens with zero attached hydrogens (tertiary/aromatic N) is 1. The monoisotopic (exact) mass is 455 g/mol. The third kappa shape index (κ3) is 4.38. The Bertz CT molecular complexity index is 1160. The summed E-state index contributed by atoms with van der Waals surface area (Å²) in [5.41, 5.74) is 1.99. The lowest BCUT2D eigenvalue weighted by atomic mass is 10.1. The minimum Gasteiger partial charge on any atom is -0.488 e. The number of anilines is 1. The predicted octanol–water partition coefficient (Wildman–Crippen LogP) is 6.81. The van der Waals surface area contributed by atoms with E-state index >= 15 is 0 Å². The van der Waals surface area contributed by atoms with Crippen LogP contribution in [0.25, 0.3) is 6.08 Å². The number of carbonyl (C=O) groups excluding carboxylic acids is 2. The van der Waals surface area contributed by atoms with Gasteiger partial charge in [-0.3, -0.25) is 9.59 Å². The molecule has 1 heterocycles. The van der Waals surface area contributed by atoms with E-state index in [0.717, 1.165) is 22.2 Å². The van der Waals surface area contributed by atoms with E-state index in [1.807, 2.05) is 42.5 Å². The molecule has 30 heavy (non-hydrogen) atoms. The van der Waals surface area contributed by atoms with Gasteiger partial charge in [-0.05, 0) is 48.2 Å². The molecule has 1 fully saturated rings. The quantitative estimate of drug-likeness (QED) is 0.396. The molecule has 1 saturated heterocycles. The standard InChI is InChI=1S/C23H15Cl2NO3S/c24-17-8-5-9-18(13-17)26-22(27)21(30-23(26)28)12-15-6-2-4-11-20(15)29-14-16-7-1-3-10-19(16)25/h1-13H,14H2. The molecule has 2 amide bonds. The van der Waals surface area contributed by atoms with Gasteiger partial charge < -0.3 is 4.74 Å². The van der Waals surface area contributed by atoms with Crippen molar-refractivity contribution in [2.75, 3.05) is 4.90 Å². The molecule has 0 radical (unpaired) electrons. The summed E-state index contributed by atoms with van der Waals surface area (Å²) in [4.78, 5) is 26.8. The van der Waals surface area contributed by atoms with E-state index in [1.54, 1.807) is 36.4 Å². The summed E-state index contributed by atoms with van der Waals surface area (Å²) < 4.78 is 5.94. The van der Waals surface area contributed by atoms with E-state index in [2.05, 4.69) is 0 Å². The number of halogens is 2. The highest BCUT2D eigenvalue weighted by Crippen LogP contribution is 2.37. The fourth-order valence-electron chi connectivity index (χ4n) is 2.95. The Balaban J connectivity index is 1.59. The number of ether oxygens (including phenoxy) is 1. The van der Waals surface area contributed by atoms with Crippen molar-refractivity contribution in [1.82, 2.24) is 0 Å². The van der Waals surface area contributed by atoms with Crippen LogP contribution in [0.15, 0.2) is 77.7 Å². The van der Waals surface area contributed by atoms with Gasteiger partial charge in [0.25, 0.3) is 11.1 Å². The second-order valence-corrected chi connectivity index (χ2v) is 8.25. The van der Waals surface area contributed by atoms with Gasteiger partial charge in [-0.15, -0.1) is 0 Å². The lowest BCUT2D eigenvalue weighted by Crippen LogP contribution is -2.27. The lowest BCUT2D eigenvalue weighted by Gasteiger charge is -2.12. The van der Waals surface area contributed by atoms with Crippen molar-refractivity contribution in [3.8, 4) is 5.75 Å². The molecule has 0 spiro atoms. The van der Waals surface area contributed by atoms with Gasteiger partial charge in [-0.25, -0.2) is 4.90 Å². The molecule has 0 saturated carbocycles. The van der Waals surface area contributed by atoms with E-state index in [4.69, 9.17) is 27.9 Å². The summed E-state index contributed by atoms with van der Waals surface area (Å²) in [7, 11) is 0. The summed E-state index contributed by atoms with van der Waals surface area (Å²) in [5.74, 6) is 0.195. The van der Waals surface area contributed by atoms with Gasteiger partial charge in [0, 0.05) is 21.2 Å². The van der Waals surface area contributed by atoms with Crippen LogP contribution in [0.4, 0.5) is 10.5 Å². The van der Waals surface area contributed by atoms with Gasteiger partial charge in [-0.2, -0.15) is 0 Å². The predicted molar refractivity (Wildman–Crippen MR) is 122 cm³/mol. The van der Waals surface area contributed by atoms with E-state index in [9.17, 15) is 9.59 Å². The minimum absolute atomic E-state index is 0.286. The molecule has 0 N–H and O–H groups in total. The van der Waals surface area contributed by atoms with Crippen molar-refractivity contribution in [3.63, 3.8) is 0 Å². The number of amides is 2. The maximum absolute atomic E-state index is 12.9. The maximum Gasteiger partial charge on any atom is 0.298 e. The van der Waals surface area contributed by atoms with Crippen molar-refractivity contribution in [2.24, 2.45) is 0 Å². The Labute approximate surface area is 188 Å². The average molecular weight is 456 g/mol. The van der Waals surface area contributed by atoms with Gasteiger partial charge in [-0.1, -0.05) is 65.7 Å². The Morgan fingerprint density at radius 2 is 1.70 bits per heavy atom. The summed E-state index contributed by atoms with van der Waals surface area (Å²) in [6, 6.07) is 21.4. The zero-order valence-electron chi connectivity index (χ0n) is 15.5. The number of thioether (sulfide) groups is 1.